The first-order valence-corrected chi connectivity index (χ1v) is 14.1. The molecule has 0 heterocycles. The number of carboxylic acids is 1. The lowest BCUT2D eigenvalue weighted by molar-refractivity contribution is -0.140. The van der Waals surface area contributed by atoms with Gasteiger partial charge in [-0.3, -0.25) is 14.5 Å². The van der Waals surface area contributed by atoms with Crippen molar-refractivity contribution in [2.45, 2.75) is 63.7 Å². The Labute approximate surface area is 246 Å². The number of urea groups is 1. The molecule has 228 valence electrons. The average Bonchev–Trinajstić information content (AvgIpc) is 2.99. The summed E-state index contributed by atoms with van der Waals surface area (Å²) in [5, 5.41) is 13.8. The number of amides is 3. The van der Waals surface area contributed by atoms with E-state index in [1.165, 1.54) is 35.8 Å². The van der Waals surface area contributed by atoms with Crippen molar-refractivity contribution in [3.8, 4) is 0 Å². The van der Waals surface area contributed by atoms with Crippen LogP contribution in [0, 0.1) is 5.82 Å². The molecule has 0 spiro atoms. The molecule has 0 unspecified atom stereocenters. The van der Waals surface area contributed by atoms with Crippen molar-refractivity contribution in [1.29, 1.82) is 0 Å². The number of alkyl halides is 3. The highest BCUT2D eigenvalue weighted by atomic mass is 19.4. The number of rotatable bonds is 10. The maximum atomic E-state index is 14.6. The molecule has 4 rings (SSSR count). The molecule has 0 saturated heterocycles. The third-order valence-electron chi connectivity index (χ3n) is 7.52. The number of nitrogens with one attached hydrogen (secondary N) is 2. The van der Waals surface area contributed by atoms with E-state index in [1.807, 2.05) is 24.3 Å². The Morgan fingerprint density at radius 2 is 1.56 bits per heavy atom. The fraction of sp³-hybridized carbons (Fsp3) is 0.344. The number of benzene rings is 3. The second-order valence-corrected chi connectivity index (χ2v) is 10.5. The molecule has 3 aromatic carbocycles. The Balaban J connectivity index is 1.52. The van der Waals surface area contributed by atoms with Crippen LogP contribution >= 0.6 is 0 Å². The van der Waals surface area contributed by atoms with E-state index >= 15 is 0 Å². The van der Waals surface area contributed by atoms with E-state index in [1.54, 1.807) is 24.3 Å². The third kappa shape index (κ3) is 8.56. The van der Waals surface area contributed by atoms with Crippen molar-refractivity contribution in [1.82, 2.24) is 10.6 Å². The van der Waals surface area contributed by atoms with Crippen LogP contribution in [0.5, 0.6) is 0 Å². The molecule has 0 radical (unpaired) electrons. The van der Waals surface area contributed by atoms with Crippen molar-refractivity contribution in [3.05, 3.63) is 100 Å². The van der Waals surface area contributed by atoms with Gasteiger partial charge in [0.2, 0.25) is 0 Å². The van der Waals surface area contributed by atoms with E-state index < -0.39 is 42.0 Å². The molecule has 3 aromatic rings. The molecule has 1 saturated carbocycles. The predicted molar refractivity (Wildman–Crippen MR) is 153 cm³/mol. The lowest BCUT2D eigenvalue weighted by atomic mass is 9.84. The van der Waals surface area contributed by atoms with Crippen LogP contribution in [0.2, 0.25) is 0 Å². The molecule has 0 atom stereocenters. The molecule has 0 aromatic heterocycles. The number of hydrogen-bond donors (Lipinski definition) is 3. The maximum absolute atomic E-state index is 14.6. The zero-order valence-corrected chi connectivity index (χ0v) is 23.4. The van der Waals surface area contributed by atoms with Crippen LogP contribution < -0.4 is 15.5 Å². The second-order valence-electron chi connectivity index (χ2n) is 10.5. The van der Waals surface area contributed by atoms with Gasteiger partial charge in [0, 0.05) is 29.9 Å². The Morgan fingerprint density at radius 1 is 0.884 bits per heavy atom. The van der Waals surface area contributed by atoms with Gasteiger partial charge in [-0.15, -0.1) is 0 Å². The van der Waals surface area contributed by atoms with Gasteiger partial charge < -0.3 is 15.7 Å². The minimum Gasteiger partial charge on any atom is -0.481 e. The van der Waals surface area contributed by atoms with Crippen LogP contribution in [0.15, 0.2) is 66.7 Å². The average molecular weight is 600 g/mol. The van der Waals surface area contributed by atoms with Gasteiger partial charge >= 0.3 is 18.2 Å². The fourth-order valence-electron chi connectivity index (χ4n) is 5.17. The topological polar surface area (TPSA) is 98.7 Å². The molecule has 1 fully saturated rings. The summed E-state index contributed by atoms with van der Waals surface area (Å²) in [6.45, 7) is -0.422. The molecule has 7 nitrogen and oxygen atoms in total. The minimum atomic E-state index is -4.87. The lowest BCUT2D eigenvalue weighted by Gasteiger charge is -2.26. The molecular weight excluding hydrogens is 566 g/mol. The zero-order valence-electron chi connectivity index (χ0n) is 23.4. The number of halogens is 4. The first-order chi connectivity index (χ1) is 20.5. The van der Waals surface area contributed by atoms with E-state index in [2.05, 4.69) is 10.6 Å². The highest BCUT2D eigenvalue weighted by Crippen LogP contribution is 2.34. The fourth-order valence-corrected chi connectivity index (χ4v) is 5.17. The van der Waals surface area contributed by atoms with Gasteiger partial charge in [0.05, 0.1) is 18.5 Å². The molecular formula is C32H33F4N3O4. The highest BCUT2D eigenvalue weighted by molar-refractivity contribution is 5.94. The van der Waals surface area contributed by atoms with Crippen molar-refractivity contribution in [2.24, 2.45) is 0 Å². The number of nitrogens with zero attached hydrogens (tertiary/aromatic N) is 1. The number of aliphatic carboxylic acids is 1. The first-order valence-electron chi connectivity index (χ1n) is 14.1. The van der Waals surface area contributed by atoms with Crippen molar-refractivity contribution < 1.29 is 37.1 Å². The smallest absolute Gasteiger partial charge is 0.419 e. The molecule has 1 aliphatic carbocycles. The number of anilines is 1. The van der Waals surface area contributed by atoms with Gasteiger partial charge in [-0.25, -0.2) is 9.18 Å². The van der Waals surface area contributed by atoms with Gasteiger partial charge in [0.15, 0.2) is 0 Å². The van der Waals surface area contributed by atoms with Crippen molar-refractivity contribution >= 4 is 23.6 Å². The van der Waals surface area contributed by atoms with E-state index in [0.29, 0.717) is 28.8 Å². The summed E-state index contributed by atoms with van der Waals surface area (Å²) in [4.78, 5) is 37.8. The van der Waals surface area contributed by atoms with E-state index in [9.17, 15) is 31.9 Å². The standard InChI is InChI=1S/C32H33F4N3O4/c33-29-25(7-4-8-27(29)32(34,35)36)19-38-31(43)39(26-15-13-23(14-16-26)22-5-2-1-3-6-22)20-21-9-11-24(12-10-21)30(42)37-18-17-28(40)41/h4,7-16,22H,1-3,5-6,17-20H2,(H,37,42)(H,38,43)(H,40,41). The van der Waals surface area contributed by atoms with Crippen LogP contribution in [-0.2, 0) is 24.1 Å². The summed E-state index contributed by atoms with van der Waals surface area (Å²) < 4.78 is 54.1. The molecule has 0 bridgehead atoms. The normalized spacial score (nSPS) is 13.8. The quantitative estimate of drug-likeness (QED) is 0.218. The summed E-state index contributed by atoms with van der Waals surface area (Å²) in [5.74, 6) is -2.46. The van der Waals surface area contributed by atoms with Crippen LogP contribution in [0.1, 0.15) is 77.1 Å². The van der Waals surface area contributed by atoms with Crippen LogP contribution in [0.25, 0.3) is 0 Å². The van der Waals surface area contributed by atoms with Crippen LogP contribution in [-0.4, -0.2) is 29.6 Å². The summed E-state index contributed by atoms with van der Waals surface area (Å²) >= 11 is 0. The van der Waals surface area contributed by atoms with E-state index in [0.717, 1.165) is 18.9 Å². The van der Waals surface area contributed by atoms with E-state index in [-0.39, 0.29) is 25.1 Å². The molecule has 43 heavy (non-hydrogen) atoms. The minimum absolute atomic E-state index is 0.0206. The van der Waals surface area contributed by atoms with Gasteiger partial charge in [0.1, 0.15) is 5.82 Å². The number of carbonyl (C=O) groups excluding carboxylic acids is 2. The first kappa shape index (κ1) is 31.5. The second kappa shape index (κ2) is 14.2. The Hall–Kier alpha value is -4.41. The molecule has 1 aliphatic rings. The summed E-state index contributed by atoms with van der Waals surface area (Å²) in [7, 11) is 0. The third-order valence-corrected chi connectivity index (χ3v) is 7.52. The predicted octanol–water partition coefficient (Wildman–Crippen LogP) is 7.01. The largest absolute Gasteiger partial charge is 0.481 e. The highest BCUT2D eigenvalue weighted by Gasteiger charge is 2.34. The molecule has 3 amide bonds. The zero-order chi connectivity index (χ0) is 31.0. The molecule has 0 aliphatic heterocycles. The maximum Gasteiger partial charge on any atom is 0.419 e. The number of carbonyl (C=O) groups is 3. The van der Waals surface area contributed by atoms with Gasteiger partial charge in [-0.2, -0.15) is 13.2 Å². The number of hydrogen-bond acceptors (Lipinski definition) is 3. The lowest BCUT2D eigenvalue weighted by Crippen LogP contribution is -2.39. The molecule has 3 N–H and O–H groups in total. The molecule has 11 heteroatoms. The van der Waals surface area contributed by atoms with Gasteiger partial charge in [0.25, 0.3) is 5.91 Å². The van der Waals surface area contributed by atoms with Crippen LogP contribution in [0.4, 0.5) is 28.0 Å². The Bertz CT molecular complexity index is 1420. The SMILES string of the molecule is O=C(O)CCNC(=O)c1ccc(CN(C(=O)NCc2cccc(C(F)(F)F)c2F)c2ccc(C3CCCCC3)cc2)cc1. The van der Waals surface area contributed by atoms with E-state index in [4.69, 9.17) is 5.11 Å². The summed E-state index contributed by atoms with van der Waals surface area (Å²) in [6.07, 6.45) is 0.678. The van der Waals surface area contributed by atoms with Crippen LogP contribution in [0.3, 0.4) is 0 Å². The Morgan fingerprint density at radius 3 is 2.19 bits per heavy atom. The number of carboxylic acid groups (broad SMARTS) is 1. The Kier molecular flexibility index (Phi) is 10.4. The summed E-state index contributed by atoms with van der Waals surface area (Å²) in [5.41, 5.74) is 0.974. The van der Waals surface area contributed by atoms with Crippen molar-refractivity contribution in [2.75, 3.05) is 11.4 Å². The van der Waals surface area contributed by atoms with Gasteiger partial charge in [-0.1, -0.05) is 55.7 Å². The monoisotopic (exact) mass is 599 g/mol. The summed E-state index contributed by atoms with van der Waals surface area (Å²) in [6, 6.07) is 16.3. The van der Waals surface area contributed by atoms with Crippen molar-refractivity contribution in [3.63, 3.8) is 0 Å². The van der Waals surface area contributed by atoms with Gasteiger partial charge in [-0.05, 0) is 60.2 Å².